The van der Waals surface area contributed by atoms with Crippen molar-refractivity contribution in [1.29, 1.82) is 0 Å². The fraction of sp³-hybridized carbons (Fsp3) is 0.370. The molecule has 0 spiro atoms. The first-order valence-corrected chi connectivity index (χ1v) is 12.4. The number of likely N-dealkylation sites (tertiary alicyclic amines) is 1. The van der Waals surface area contributed by atoms with Crippen molar-refractivity contribution in [3.05, 3.63) is 66.6 Å². The average molecular weight is 487 g/mol. The van der Waals surface area contributed by atoms with E-state index in [9.17, 15) is 0 Å². The first-order valence-electron chi connectivity index (χ1n) is 12.4. The summed E-state index contributed by atoms with van der Waals surface area (Å²) in [5.41, 5.74) is 3.06. The van der Waals surface area contributed by atoms with Crippen LogP contribution in [0.4, 0.5) is 0 Å². The normalized spacial score (nSPS) is 18.3. The van der Waals surface area contributed by atoms with Crippen LogP contribution in [0.1, 0.15) is 18.4 Å². The van der Waals surface area contributed by atoms with Crippen molar-refractivity contribution < 1.29 is 14.2 Å². The van der Waals surface area contributed by atoms with Crippen molar-refractivity contribution in [3.8, 4) is 23.0 Å². The monoisotopic (exact) mass is 486 g/mol. The number of ether oxygens (including phenoxy) is 3. The van der Waals surface area contributed by atoms with Gasteiger partial charge in [0.05, 0.1) is 12.3 Å². The summed E-state index contributed by atoms with van der Waals surface area (Å²) in [4.78, 5) is 13.6. The highest BCUT2D eigenvalue weighted by Gasteiger charge is 2.25. The Morgan fingerprint density at radius 3 is 2.61 bits per heavy atom. The first kappa shape index (κ1) is 23.1. The molecule has 2 aliphatic heterocycles. The minimum atomic E-state index is 0.317. The zero-order chi connectivity index (χ0) is 24.2. The quantitative estimate of drug-likeness (QED) is 0.437. The van der Waals surface area contributed by atoms with Gasteiger partial charge in [0.15, 0.2) is 0 Å². The molecule has 36 heavy (non-hydrogen) atoms. The van der Waals surface area contributed by atoms with E-state index in [1.54, 1.807) is 18.6 Å². The summed E-state index contributed by atoms with van der Waals surface area (Å²) in [7, 11) is 0. The lowest BCUT2D eigenvalue weighted by atomic mass is 10.0. The smallest absolute Gasteiger partial charge is 0.321 e. The third-order valence-corrected chi connectivity index (χ3v) is 6.95. The third kappa shape index (κ3) is 5.39. The molecule has 186 valence electrons. The van der Waals surface area contributed by atoms with Crippen LogP contribution in [0.2, 0.25) is 0 Å². The van der Waals surface area contributed by atoms with Crippen LogP contribution in [0.25, 0.3) is 22.0 Å². The Hall–Kier alpha value is -3.37. The molecule has 2 aromatic carbocycles. The fourth-order valence-electron chi connectivity index (χ4n) is 4.97. The molecule has 1 N–H and O–H groups in total. The van der Waals surface area contributed by atoms with Gasteiger partial charge in [-0.1, -0.05) is 18.2 Å². The predicted octanol–water partition coefficient (Wildman–Crippen LogP) is 4.04. The lowest BCUT2D eigenvalue weighted by molar-refractivity contribution is -0.0568. The maximum Gasteiger partial charge on any atom is 0.321 e. The lowest BCUT2D eigenvalue weighted by Crippen LogP contribution is -2.45. The molecule has 2 fully saturated rings. The van der Waals surface area contributed by atoms with Crippen molar-refractivity contribution >= 4 is 10.8 Å². The first-order chi connectivity index (χ1) is 17.8. The molecular weight excluding hydrogens is 456 g/mol. The van der Waals surface area contributed by atoms with Gasteiger partial charge in [0.2, 0.25) is 0 Å². The molecule has 9 heteroatoms. The number of nitrogens with zero attached hydrogens (tertiary/aromatic N) is 5. The maximum absolute atomic E-state index is 5.90. The summed E-state index contributed by atoms with van der Waals surface area (Å²) < 4.78 is 16.9. The fourth-order valence-corrected chi connectivity index (χ4v) is 4.97. The molecule has 2 aliphatic rings. The highest BCUT2D eigenvalue weighted by atomic mass is 16.7. The maximum atomic E-state index is 5.90. The number of fused-ring (bicyclic) bond motifs is 1. The van der Waals surface area contributed by atoms with Gasteiger partial charge in [-0.05, 0) is 66.5 Å². The number of hydrogen-bond donors (Lipinski definition) is 1. The summed E-state index contributed by atoms with van der Waals surface area (Å²) in [5, 5.41) is 9.19. The summed E-state index contributed by atoms with van der Waals surface area (Å²) in [5.74, 6) is 0.717. The topological polar surface area (TPSA) is 88.6 Å². The molecule has 9 nitrogen and oxygen atoms in total. The van der Waals surface area contributed by atoms with Gasteiger partial charge >= 0.3 is 6.01 Å². The zero-order valence-electron chi connectivity index (χ0n) is 20.2. The Labute approximate surface area is 210 Å². The number of nitrogens with one attached hydrogen (secondary N) is 1. The number of piperidine rings is 1. The van der Waals surface area contributed by atoms with E-state index in [0.29, 0.717) is 25.6 Å². The molecule has 0 unspecified atom stereocenters. The minimum absolute atomic E-state index is 0.317. The van der Waals surface area contributed by atoms with E-state index in [4.69, 9.17) is 14.2 Å². The Bertz CT molecular complexity index is 1260. The highest BCUT2D eigenvalue weighted by Crippen LogP contribution is 2.26. The zero-order valence-corrected chi connectivity index (χ0v) is 20.2. The van der Waals surface area contributed by atoms with E-state index < -0.39 is 0 Å². The molecule has 4 heterocycles. The lowest BCUT2D eigenvalue weighted by Gasteiger charge is -2.37. The summed E-state index contributed by atoms with van der Waals surface area (Å²) >= 11 is 0. The second-order valence-electron chi connectivity index (χ2n) is 9.35. The Balaban J connectivity index is 1.06. The molecule has 0 amide bonds. The predicted molar refractivity (Wildman–Crippen MR) is 135 cm³/mol. The van der Waals surface area contributed by atoms with Crippen LogP contribution in [0.5, 0.6) is 11.8 Å². The van der Waals surface area contributed by atoms with Crippen LogP contribution < -0.4 is 4.74 Å². The van der Waals surface area contributed by atoms with Crippen molar-refractivity contribution in [2.45, 2.75) is 25.4 Å². The molecule has 0 bridgehead atoms. The number of H-pyrrole nitrogens is 1. The van der Waals surface area contributed by atoms with Crippen LogP contribution in [-0.4, -0.2) is 75.8 Å². The Morgan fingerprint density at radius 1 is 0.944 bits per heavy atom. The molecule has 2 aromatic heterocycles. The standard InChI is InChI=1S/C27H30N6O3/c1-2-22-14-25(36-27-28-15-23(16-29-27)26-5-8-30-31-26)4-3-21(22)13-20(1)17-32-9-6-24(7-10-32)33-11-12-34-19-35-18-33/h1-5,8,13-16,24H,6-7,9-12,17-19H2,(H,30,31). The Morgan fingerprint density at radius 2 is 1.78 bits per heavy atom. The number of hydrogen-bond acceptors (Lipinski definition) is 8. The second kappa shape index (κ2) is 10.7. The number of rotatable bonds is 6. The minimum Gasteiger partial charge on any atom is -0.424 e. The van der Waals surface area contributed by atoms with Gasteiger partial charge in [0.1, 0.15) is 19.3 Å². The van der Waals surface area contributed by atoms with Crippen molar-refractivity contribution in [2.75, 3.05) is 39.8 Å². The number of aromatic nitrogens is 4. The SMILES string of the molecule is c1cc(-c2cnc(Oc3ccc4cc(CN5CCC(N6CCOCOC6)CC5)ccc4c3)nc2)[nH]n1. The van der Waals surface area contributed by atoms with Crippen molar-refractivity contribution in [2.24, 2.45) is 0 Å². The molecule has 0 atom stereocenters. The van der Waals surface area contributed by atoms with Gasteiger partial charge < -0.3 is 14.2 Å². The second-order valence-corrected chi connectivity index (χ2v) is 9.35. The molecule has 0 radical (unpaired) electrons. The van der Waals surface area contributed by atoms with Gasteiger partial charge in [0, 0.05) is 43.3 Å². The summed E-state index contributed by atoms with van der Waals surface area (Å²) in [6.07, 6.45) is 7.49. The van der Waals surface area contributed by atoms with Gasteiger partial charge in [-0.3, -0.25) is 14.9 Å². The molecule has 0 aliphatic carbocycles. The van der Waals surface area contributed by atoms with Crippen molar-refractivity contribution in [1.82, 2.24) is 30.0 Å². The van der Waals surface area contributed by atoms with Gasteiger partial charge in [-0.2, -0.15) is 5.10 Å². The summed E-state index contributed by atoms with van der Waals surface area (Å²) in [6.45, 7) is 6.00. The Kier molecular flexibility index (Phi) is 6.86. The average Bonchev–Trinajstić information content (AvgIpc) is 3.32. The van der Waals surface area contributed by atoms with E-state index in [-0.39, 0.29) is 0 Å². The number of aromatic amines is 1. The molecule has 6 rings (SSSR count). The van der Waals surface area contributed by atoms with E-state index in [1.807, 2.05) is 18.2 Å². The molecule has 0 saturated carbocycles. The summed E-state index contributed by atoms with van der Waals surface area (Å²) in [6, 6.07) is 15.5. The van der Waals surface area contributed by atoms with Crippen LogP contribution in [-0.2, 0) is 16.0 Å². The molecule has 2 saturated heterocycles. The van der Waals surface area contributed by atoms with E-state index in [1.165, 1.54) is 23.8 Å². The largest absolute Gasteiger partial charge is 0.424 e. The number of benzene rings is 2. The van der Waals surface area contributed by atoms with Gasteiger partial charge in [-0.25, -0.2) is 9.97 Å². The van der Waals surface area contributed by atoms with Crippen LogP contribution in [0.3, 0.4) is 0 Å². The van der Waals surface area contributed by atoms with Crippen molar-refractivity contribution in [3.63, 3.8) is 0 Å². The van der Waals surface area contributed by atoms with Gasteiger partial charge in [0.25, 0.3) is 0 Å². The molecule has 4 aromatic rings. The third-order valence-electron chi connectivity index (χ3n) is 6.95. The van der Waals surface area contributed by atoms with E-state index in [2.05, 4.69) is 54.2 Å². The molecular formula is C27H30N6O3. The van der Waals surface area contributed by atoms with Crippen LogP contribution in [0.15, 0.2) is 61.1 Å². The highest BCUT2D eigenvalue weighted by molar-refractivity contribution is 5.84. The van der Waals surface area contributed by atoms with E-state index >= 15 is 0 Å². The van der Waals surface area contributed by atoms with Crippen LogP contribution in [0, 0.1) is 0 Å². The van der Waals surface area contributed by atoms with E-state index in [0.717, 1.165) is 55.2 Å². The van der Waals surface area contributed by atoms with Crippen LogP contribution >= 0.6 is 0 Å². The van der Waals surface area contributed by atoms with Gasteiger partial charge in [-0.15, -0.1) is 0 Å².